The van der Waals surface area contributed by atoms with Gasteiger partial charge in [-0.05, 0) is 24.5 Å². The number of anilines is 1. The minimum Gasteiger partial charge on any atom is -0.325 e. The second-order valence-electron chi connectivity index (χ2n) is 5.22. The van der Waals surface area contributed by atoms with E-state index in [1.54, 1.807) is 24.5 Å². The van der Waals surface area contributed by atoms with Crippen LogP contribution in [0, 0.1) is 22.3 Å². The molecule has 0 aliphatic carbocycles. The molecule has 18 heavy (non-hydrogen) atoms. The molecule has 1 unspecified atom stereocenters. The molecule has 0 radical (unpaired) electrons. The van der Waals surface area contributed by atoms with Crippen LogP contribution in [-0.2, 0) is 0 Å². The van der Waals surface area contributed by atoms with Crippen molar-refractivity contribution in [2.75, 3.05) is 5.32 Å². The van der Waals surface area contributed by atoms with Crippen molar-refractivity contribution in [2.45, 2.75) is 33.7 Å². The van der Waals surface area contributed by atoms with Crippen molar-refractivity contribution >= 4 is 11.6 Å². The van der Waals surface area contributed by atoms with E-state index in [9.17, 15) is 5.26 Å². The van der Waals surface area contributed by atoms with Gasteiger partial charge in [0.25, 0.3) is 0 Å². The number of nitrogens with zero attached hydrogens (tertiary/aromatic N) is 3. The van der Waals surface area contributed by atoms with Gasteiger partial charge in [-0.1, -0.05) is 20.8 Å². The highest BCUT2D eigenvalue weighted by atomic mass is 15.3. The summed E-state index contributed by atoms with van der Waals surface area (Å²) >= 11 is 0. The van der Waals surface area contributed by atoms with Crippen molar-refractivity contribution < 1.29 is 0 Å². The second kappa shape index (κ2) is 5.50. The number of guanidine groups is 1. The quantitative estimate of drug-likeness (QED) is 0.363. The van der Waals surface area contributed by atoms with E-state index in [2.05, 4.69) is 16.5 Å². The van der Waals surface area contributed by atoms with Gasteiger partial charge in [0.2, 0.25) is 5.96 Å². The second-order valence-corrected chi connectivity index (χ2v) is 5.22. The predicted molar refractivity (Wildman–Crippen MR) is 72.0 cm³/mol. The minimum absolute atomic E-state index is 0.0654. The number of aromatic nitrogens is 1. The molecule has 1 atom stereocenters. The van der Waals surface area contributed by atoms with Crippen molar-refractivity contribution in [2.24, 2.45) is 5.41 Å². The maximum Gasteiger partial charge on any atom is 0.209 e. The summed E-state index contributed by atoms with van der Waals surface area (Å²) in [4.78, 5) is 5.28. The number of rotatable bonds is 2. The van der Waals surface area contributed by atoms with Gasteiger partial charge in [0.05, 0.1) is 0 Å². The molecule has 1 aromatic heterocycles. The summed E-state index contributed by atoms with van der Waals surface area (Å²) in [5.41, 5.74) is 0.665. The molecule has 2 N–H and O–H groups in total. The number of pyridine rings is 1. The van der Waals surface area contributed by atoms with Crippen LogP contribution >= 0.6 is 0 Å². The SMILES string of the molecule is CC(N(C#N)C(=N)Nc1ccncc1)C(C)(C)C. The molecule has 0 aromatic carbocycles. The number of nitriles is 1. The third-order valence-electron chi connectivity index (χ3n) is 2.93. The van der Waals surface area contributed by atoms with Gasteiger partial charge < -0.3 is 5.32 Å². The van der Waals surface area contributed by atoms with E-state index in [1.807, 2.05) is 27.7 Å². The molecule has 1 rings (SSSR count). The fourth-order valence-electron chi connectivity index (χ4n) is 1.35. The van der Waals surface area contributed by atoms with Crippen LogP contribution in [0.1, 0.15) is 27.7 Å². The standard InChI is InChI=1S/C13H19N5/c1-10(13(2,3)4)18(9-14)12(15)17-11-5-7-16-8-6-11/h5-8,10H,1-4H3,(H2,15,16,17). The summed E-state index contributed by atoms with van der Waals surface area (Å²) in [6.07, 6.45) is 5.34. The van der Waals surface area contributed by atoms with Crippen LogP contribution in [0.2, 0.25) is 0 Å². The van der Waals surface area contributed by atoms with E-state index >= 15 is 0 Å². The van der Waals surface area contributed by atoms with Gasteiger partial charge in [-0.2, -0.15) is 5.26 Å². The molecule has 0 spiro atoms. The topological polar surface area (TPSA) is 75.8 Å². The average Bonchev–Trinajstić information content (AvgIpc) is 2.29. The third kappa shape index (κ3) is 3.45. The van der Waals surface area contributed by atoms with Crippen molar-refractivity contribution in [3.8, 4) is 6.19 Å². The van der Waals surface area contributed by atoms with Crippen molar-refractivity contribution in [1.82, 2.24) is 9.88 Å². The summed E-state index contributed by atoms with van der Waals surface area (Å²) < 4.78 is 0. The zero-order chi connectivity index (χ0) is 13.8. The van der Waals surface area contributed by atoms with Crippen molar-refractivity contribution in [3.63, 3.8) is 0 Å². The number of hydrogen-bond donors (Lipinski definition) is 2. The van der Waals surface area contributed by atoms with Crippen LogP contribution in [0.15, 0.2) is 24.5 Å². The lowest BCUT2D eigenvalue weighted by molar-refractivity contribution is 0.230. The lowest BCUT2D eigenvalue weighted by Crippen LogP contribution is -2.44. The fourth-order valence-corrected chi connectivity index (χ4v) is 1.35. The van der Waals surface area contributed by atoms with Crippen LogP contribution in [0.5, 0.6) is 0 Å². The first kappa shape index (κ1) is 14.0. The monoisotopic (exact) mass is 245 g/mol. The Kier molecular flexibility index (Phi) is 4.27. The van der Waals surface area contributed by atoms with E-state index in [0.717, 1.165) is 5.69 Å². The molecule has 0 aliphatic heterocycles. The Hall–Kier alpha value is -2.09. The first-order valence-electron chi connectivity index (χ1n) is 5.81. The lowest BCUT2D eigenvalue weighted by atomic mass is 9.87. The van der Waals surface area contributed by atoms with Gasteiger partial charge in [0.15, 0.2) is 6.19 Å². The highest BCUT2D eigenvalue weighted by Gasteiger charge is 2.28. The highest BCUT2D eigenvalue weighted by Crippen LogP contribution is 2.23. The number of hydrogen-bond acceptors (Lipinski definition) is 3. The molecular formula is C13H19N5. The first-order valence-corrected chi connectivity index (χ1v) is 5.81. The maximum atomic E-state index is 9.19. The Morgan fingerprint density at radius 1 is 1.44 bits per heavy atom. The van der Waals surface area contributed by atoms with E-state index in [4.69, 9.17) is 5.41 Å². The van der Waals surface area contributed by atoms with E-state index in [1.165, 1.54) is 4.90 Å². The Balaban J connectivity index is 2.79. The fraction of sp³-hybridized carbons (Fsp3) is 0.462. The molecule has 0 bridgehead atoms. The first-order chi connectivity index (χ1) is 8.36. The molecule has 0 aliphatic rings. The maximum absolute atomic E-state index is 9.19. The molecule has 96 valence electrons. The van der Waals surface area contributed by atoms with Gasteiger partial charge in [0.1, 0.15) is 0 Å². The molecule has 1 heterocycles. The van der Waals surface area contributed by atoms with Gasteiger partial charge in [-0.15, -0.1) is 0 Å². The third-order valence-corrected chi connectivity index (χ3v) is 2.93. The van der Waals surface area contributed by atoms with Crippen LogP contribution in [0.25, 0.3) is 0 Å². The van der Waals surface area contributed by atoms with Crippen LogP contribution in [0.3, 0.4) is 0 Å². The molecule has 5 nitrogen and oxygen atoms in total. The zero-order valence-electron chi connectivity index (χ0n) is 11.2. The van der Waals surface area contributed by atoms with Crippen LogP contribution < -0.4 is 5.32 Å². The normalized spacial score (nSPS) is 12.4. The zero-order valence-corrected chi connectivity index (χ0v) is 11.2. The molecule has 0 amide bonds. The van der Waals surface area contributed by atoms with Gasteiger partial charge in [-0.25, -0.2) is 4.90 Å². The van der Waals surface area contributed by atoms with Crippen molar-refractivity contribution in [3.05, 3.63) is 24.5 Å². The van der Waals surface area contributed by atoms with Crippen molar-refractivity contribution in [1.29, 1.82) is 10.7 Å². The number of nitrogens with one attached hydrogen (secondary N) is 2. The molecule has 0 saturated heterocycles. The minimum atomic E-state index is -0.0814. The van der Waals surface area contributed by atoms with Gasteiger partial charge >= 0.3 is 0 Å². The Labute approximate surface area is 108 Å². The molecule has 0 saturated carbocycles. The Morgan fingerprint density at radius 2 is 2.00 bits per heavy atom. The smallest absolute Gasteiger partial charge is 0.209 e. The summed E-state index contributed by atoms with van der Waals surface area (Å²) in [5.74, 6) is 0.0751. The average molecular weight is 245 g/mol. The van der Waals surface area contributed by atoms with Gasteiger partial charge in [-0.3, -0.25) is 10.4 Å². The molecule has 0 fully saturated rings. The lowest BCUT2D eigenvalue weighted by Gasteiger charge is -2.34. The van der Waals surface area contributed by atoms with Crippen LogP contribution in [-0.4, -0.2) is 21.9 Å². The highest BCUT2D eigenvalue weighted by molar-refractivity contribution is 5.92. The predicted octanol–water partition coefficient (Wildman–Crippen LogP) is 2.65. The van der Waals surface area contributed by atoms with Gasteiger partial charge in [0, 0.05) is 24.1 Å². The summed E-state index contributed by atoms with van der Waals surface area (Å²) in [6, 6.07) is 3.45. The van der Waals surface area contributed by atoms with E-state index in [0.29, 0.717) is 0 Å². The summed E-state index contributed by atoms with van der Waals surface area (Å²) in [6.45, 7) is 8.07. The molecule has 5 heteroatoms. The Bertz CT molecular complexity index is 441. The molecule has 1 aromatic rings. The van der Waals surface area contributed by atoms with E-state index < -0.39 is 0 Å². The summed E-state index contributed by atoms with van der Waals surface area (Å²) in [7, 11) is 0. The largest absolute Gasteiger partial charge is 0.325 e. The van der Waals surface area contributed by atoms with E-state index in [-0.39, 0.29) is 17.4 Å². The Morgan fingerprint density at radius 3 is 2.44 bits per heavy atom. The summed E-state index contributed by atoms with van der Waals surface area (Å²) in [5, 5.41) is 20.0. The van der Waals surface area contributed by atoms with Crippen LogP contribution in [0.4, 0.5) is 5.69 Å². The molecular weight excluding hydrogens is 226 g/mol.